The van der Waals surface area contributed by atoms with Crippen molar-refractivity contribution < 1.29 is 24.2 Å². The van der Waals surface area contributed by atoms with Gasteiger partial charge < -0.3 is 19.9 Å². The lowest BCUT2D eigenvalue weighted by Crippen LogP contribution is -2.42. The molecule has 3 rings (SSSR count). The number of hydrogen-bond acceptors (Lipinski definition) is 5. The summed E-state index contributed by atoms with van der Waals surface area (Å²) in [5.74, 6) is -0.0472. The van der Waals surface area contributed by atoms with Gasteiger partial charge >= 0.3 is 5.97 Å². The van der Waals surface area contributed by atoms with E-state index in [0.29, 0.717) is 30.8 Å². The van der Waals surface area contributed by atoms with E-state index in [1.165, 1.54) is 12.7 Å². The van der Waals surface area contributed by atoms with E-state index in [1.807, 2.05) is 54.6 Å². The highest BCUT2D eigenvalue weighted by Gasteiger charge is 2.33. The first kappa shape index (κ1) is 27.9. The number of carbonyl (C=O) groups excluding carboxylic acids is 2. The molecule has 0 heterocycles. The zero-order valence-electron chi connectivity index (χ0n) is 21.5. The van der Waals surface area contributed by atoms with Gasteiger partial charge in [0.25, 0.3) is 5.91 Å². The van der Waals surface area contributed by atoms with E-state index in [1.54, 1.807) is 18.2 Å². The minimum Gasteiger partial charge on any atom is -0.496 e. The Morgan fingerprint density at radius 2 is 1.54 bits per heavy atom. The number of rotatable bonds is 15. The summed E-state index contributed by atoms with van der Waals surface area (Å²) in [4.78, 5) is 25.6. The van der Waals surface area contributed by atoms with Crippen LogP contribution in [0.5, 0.6) is 5.75 Å². The predicted molar refractivity (Wildman–Crippen MR) is 145 cm³/mol. The maximum absolute atomic E-state index is 13.0. The third kappa shape index (κ3) is 8.46. The molecule has 0 spiro atoms. The van der Waals surface area contributed by atoms with Gasteiger partial charge in [0.05, 0.1) is 19.3 Å². The van der Waals surface area contributed by atoms with Crippen molar-refractivity contribution >= 4 is 11.9 Å². The summed E-state index contributed by atoms with van der Waals surface area (Å²) in [6.07, 6.45) is 3.73. The second-order valence-corrected chi connectivity index (χ2v) is 9.17. The number of aryl methyl sites for hydroxylation is 1. The summed E-state index contributed by atoms with van der Waals surface area (Å²) in [7, 11) is 1.53. The molecule has 0 aromatic heterocycles. The fraction of sp³-hybridized carbons (Fsp3) is 0.355. The highest BCUT2D eigenvalue weighted by atomic mass is 16.5. The van der Waals surface area contributed by atoms with Crippen LogP contribution in [0.15, 0.2) is 84.9 Å². The van der Waals surface area contributed by atoms with Gasteiger partial charge in [-0.3, -0.25) is 9.59 Å². The number of aliphatic hydroxyl groups is 1. The molecule has 1 amide bonds. The lowest BCUT2D eigenvalue weighted by molar-refractivity contribution is -0.144. The van der Waals surface area contributed by atoms with Crippen molar-refractivity contribution in [1.29, 1.82) is 0 Å². The van der Waals surface area contributed by atoms with Gasteiger partial charge in [-0.1, -0.05) is 72.8 Å². The molecule has 37 heavy (non-hydrogen) atoms. The minimum atomic E-state index is -0.625. The molecule has 0 saturated carbocycles. The Morgan fingerprint density at radius 3 is 2.24 bits per heavy atom. The first-order chi connectivity index (χ1) is 18.1. The zero-order chi connectivity index (χ0) is 26.3. The number of hydrogen-bond donors (Lipinski definition) is 2. The third-order valence-electron chi connectivity index (χ3n) is 6.69. The van der Waals surface area contributed by atoms with E-state index < -0.39 is 5.41 Å². The molecule has 3 aromatic rings. The Bertz CT molecular complexity index is 1100. The van der Waals surface area contributed by atoms with Crippen molar-refractivity contribution in [2.45, 2.75) is 43.9 Å². The Balaban J connectivity index is 1.60. The van der Waals surface area contributed by atoms with E-state index >= 15 is 0 Å². The monoisotopic (exact) mass is 503 g/mol. The number of aliphatic hydroxyl groups excluding tert-OH is 1. The van der Waals surface area contributed by atoms with Crippen LogP contribution in [0.4, 0.5) is 0 Å². The lowest BCUT2D eigenvalue weighted by atomic mass is 9.74. The van der Waals surface area contributed by atoms with Crippen molar-refractivity contribution in [3.63, 3.8) is 0 Å². The Hall–Kier alpha value is -3.64. The van der Waals surface area contributed by atoms with Gasteiger partial charge in [0.2, 0.25) is 0 Å². The van der Waals surface area contributed by atoms with Crippen LogP contribution in [0, 0.1) is 0 Å². The largest absolute Gasteiger partial charge is 0.496 e. The fourth-order valence-corrected chi connectivity index (χ4v) is 4.55. The zero-order valence-corrected chi connectivity index (χ0v) is 21.5. The van der Waals surface area contributed by atoms with E-state index in [9.17, 15) is 14.7 Å². The standard InChI is InChI=1S/C31H37NO5/c1-36-28-18-9-8-17-27(28)30(35)32-24-31(21-22-33,26-15-6-3-7-16-26)20-19-29(34)37-23-11-10-14-25-12-4-2-5-13-25/h2-9,12-13,15-18,33H,10-11,14,19-24H2,1H3,(H,32,35). The molecule has 6 heteroatoms. The maximum atomic E-state index is 13.0. The number of ether oxygens (including phenoxy) is 2. The molecule has 0 aliphatic rings. The Morgan fingerprint density at radius 1 is 0.865 bits per heavy atom. The van der Waals surface area contributed by atoms with Crippen LogP contribution in [0.3, 0.4) is 0 Å². The summed E-state index contributed by atoms with van der Waals surface area (Å²) >= 11 is 0. The molecular weight excluding hydrogens is 466 g/mol. The smallest absolute Gasteiger partial charge is 0.305 e. The molecule has 1 atom stereocenters. The first-order valence-corrected chi connectivity index (χ1v) is 12.8. The van der Waals surface area contributed by atoms with Gasteiger partial charge in [-0.25, -0.2) is 0 Å². The van der Waals surface area contributed by atoms with Crippen LogP contribution in [-0.4, -0.2) is 43.9 Å². The van der Waals surface area contributed by atoms with E-state index in [-0.39, 0.29) is 31.4 Å². The summed E-state index contributed by atoms with van der Waals surface area (Å²) in [6, 6.07) is 27.0. The van der Waals surface area contributed by atoms with Gasteiger partial charge in [0.1, 0.15) is 5.75 Å². The Kier molecular flexibility index (Phi) is 11.2. The third-order valence-corrected chi connectivity index (χ3v) is 6.69. The van der Waals surface area contributed by atoms with Crippen LogP contribution >= 0.6 is 0 Å². The van der Waals surface area contributed by atoms with Crippen molar-refractivity contribution in [3.05, 3.63) is 102 Å². The van der Waals surface area contributed by atoms with Crippen molar-refractivity contribution in [2.75, 3.05) is 26.9 Å². The summed E-state index contributed by atoms with van der Waals surface area (Å²) in [5.41, 5.74) is 2.05. The first-order valence-electron chi connectivity index (χ1n) is 12.8. The van der Waals surface area contributed by atoms with Crippen LogP contribution in [0.1, 0.15) is 53.6 Å². The molecule has 0 fully saturated rings. The van der Waals surface area contributed by atoms with Gasteiger partial charge in [0, 0.05) is 25.0 Å². The molecule has 2 N–H and O–H groups in total. The van der Waals surface area contributed by atoms with Crippen LogP contribution in [-0.2, 0) is 21.4 Å². The van der Waals surface area contributed by atoms with Crippen molar-refractivity contribution in [1.82, 2.24) is 5.32 Å². The normalized spacial score (nSPS) is 12.4. The van der Waals surface area contributed by atoms with Gasteiger partial charge in [-0.05, 0) is 55.4 Å². The topological polar surface area (TPSA) is 84.9 Å². The van der Waals surface area contributed by atoms with Gasteiger partial charge in [0.15, 0.2) is 0 Å². The number of esters is 1. The number of para-hydroxylation sites is 1. The van der Waals surface area contributed by atoms with E-state index in [0.717, 1.165) is 24.8 Å². The second-order valence-electron chi connectivity index (χ2n) is 9.17. The minimum absolute atomic E-state index is 0.0754. The lowest BCUT2D eigenvalue weighted by Gasteiger charge is -2.34. The second kappa shape index (κ2) is 14.8. The van der Waals surface area contributed by atoms with Crippen molar-refractivity contribution in [2.24, 2.45) is 0 Å². The number of amides is 1. The highest BCUT2D eigenvalue weighted by Crippen LogP contribution is 2.33. The molecule has 196 valence electrons. The number of carbonyl (C=O) groups is 2. The average molecular weight is 504 g/mol. The highest BCUT2D eigenvalue weighted by molar-refractivity contribution is 5.97. The Labute approximate surface area is 219 Å². The molecule has 0 saturated heterocycles. The molecule has 0 radical (unpaired) electrons. The SMILES string of the molecule is COc1ccccc1C(=O)NCC(CCO)(CCC(=O)OCCCCc1ccccc1)c1ccccc1. The van der Waals surface area contributed by atoms with Crippen LogP contribution in [0.2, 0.25) is 0 Å². The fourth-order valence-electron chi connectivity index (χ4n) is 4.55. The summed E-state index contributed by atoms with van der Waals surface area (Å²) < 4.78 is 10.8. The number of unbranched alkanes of at least 4 members (excludes halogenated alkanes) is 1. The number of benzene rings is 3. The van der Waals surface area contributed by atoms with Crippen LogP contribution in [0.25, 0.3) is 0 Å². The maximum Gasteiger partial charge on any atom is 0.305 e. The quantitative estimate of drug-likeness (QED) is 0.223. The van der Waals surface area contributed by atoms with Gasteiger partial charge in [-0.15, -0.1) is 0 Å². The van der Waals surface area contributed by atoms with E-state index in [2.05, 4.69) is 17.4 Å². The summed E-state index contributed by atoms with van der Waals surface area (Å²) in [6.45, 7) is 0.571. The molecule has 0 aliphatic heterocycles. The van der Waals surface area contributed by atoms with E-state index in [4.69, 9.17) is 9.47 Å². The molecule has 6 nitrogen and oxygen atoms in total. The molecule has 0 bridgehead atoms. The van der Waals surface area contributed by atoms with Crippen LogP contribution < -0.4 is 10.1 Å². The molecule has 3 aromatic carbocycles. The average Bonchev–Trinajstić information content (AvgIpc) is 2.95. The van der Waals surface area contributed by atoms with Crippen molar-refractivity contribution in [3.8, 4) is 5.75 Å². The predicted octanol–water partition coefficient (Wildman–Crippen LogP) is 5.09. The summed E-state index contributed by atoms with van der Waals surface area (Å²) in [5, 5.41) is 13.0. The number of methoxy groups -OCH3 is 1. The molecule has 1 unspecified atom stereocenters. The molecule has 0 aliphatic carbocycles. The molecular formula is C31H37NO5. The van der Waals surface area contributed by atoms with Gasteiger partial charge in [-0.2, -0.15) is 0 Å². The number of nitrogens with one attached hydrogen (secondary N) is 1.